The van der Waals surface area contributed by atoms with Crippen molar-refractivity contribution in [2.75, 3.05) is 12.4 Å². The Bertz CT molecular complexity index is 867. The Labute approximate surface area is 132 Å². The van der Waals surface area contributed by atoms with Crippen molar-refractivity contribution in [3.05, 3.63) is 59.2 Å². The van der Waals surface area contributed by atoms with E-state index in [9.17, 15) is 22.0 Å². The molecule has 0 aliphatic rings. The average molecular weight is 340 g/mol. The zero-order chi connectivity index (χ0) is 17.2. The van der Waals surface area contributed by atoms with Gasteiger partial charge in [-0.05, 0) is 43.8 Å². The van der Waals surface area contributed by atoms with E-state index in [1.54, 1.807) is 6.92 Å². The summed E-state index contributed by atoms with van der Waals surface area (Å²) < 4.78 is 51.8. The molecular weight excluding hydrogens is 326 g/mol. The third-order valence-electron chi connectivity index (χ3n) is 3.21. The number of anilines is 1. The second-order valence-corrected chi connectivity index (χ2v) is 6.65. The molecule has 2 N–H and O–H groups in total. The quantitative estimate of drug-likeness (QED) is 0.898. The lowest BCUT2D eigenvalue weighted by atomic mass is 10.1. The lowest BCUT2D eigenvalue weighted by molar-refractivity contribution is 0.102. The number of benzene rings is 2. The predicted octanol–water partition coefficient (Wildman–Crippen LogP) is 2.43. The summed E-state index contributed by atoms with van der Waals surface area (Å²) in [7, 11) is -2.44. The summed E-state index contributed by atoms with van der Waals surface area (Å²) in [5.74, 6) is -2.74. The first-order chi connectivity index (χ1) is 10.7. The second-order valence-electron chi connectivity index (χ2n) is 4.77. The monoisotopic (exact) mass is 340 g/mol. The molecule has 122 valence electrons. The normalized spacial score (nSPS) is 11.3. The SMILES string of the molecule is CNS(=O)(=O)c1ccc(C)c(C(=O)Nc2ccc(F)c(F)c2)c1. The van der Waals surface area contributed by atoms with Crippen molar-refractivity contribution < 1.29 is 22.0 Å². The van der Waals surface area contributed by atoms with Gasteiger partial charge in [-0.25, -0.2) is 21.9 Å². The number of sulfonamides is 1. The Morgan fingerprint density at radius 3 is 2.35 bits per heavy atom. The molecule has 0 aliphatic heterocycles. The molecule has 0 bridgehead atoms. The van der Waals surface area contributed by atoms with Crippen LogP contribution >= 0.6 is 0 Å². The van der Waals surface area contributed by atoms with E-state index in [2.05, 4.69) is 10.0 Å². The number of halogens is 2. The smallest absolute Gasteiger partial charge is 0.255 e. The summed E-state index contributed by atoms with van der Waals surface area (Å²) in [6.45, 7) is 1.63. The van der Waals surface area contributed by atoms with Gasteiger partial charge < -0.3 is 5.32 Å². The van der Waals surface area contributed by atoms with Crippen LogP contribution in [0.5, 0.6) is 0 Å². The van der Waals surface area contributed by atoms with Gasteiger partial charge in [0.15, 0.2) is 11.6 Å². The molecule has 0 saturated carbocycles. The number of hydrogen-bond donors (Lipinski definition) is 2. The summed E-state index contributed by atoms with van der Waals surface area (Å²) in [6.07, 6.45) is 0. The molecule has 0 spiro atoms. The van der Waals surface area contributed by atoms with E-state index in [-0.39, 0.29) is 16.1 Å². The van der Waals surface area contributed by atoms with E-state index in [1.807, 2.05) is 0 Å². The Balaban J connectivity index is 2.35. The molecule has 0 fully saturated rings. The van der Waals surface area contributed by atoms with Gasteiger partial charge in [-0.3, -0.25) is 4.79 Å². The average Bonchev–Trinajstić information content (AvgIpc) is 2.51. The standard InChI is InChI=1S/C15H14F2N2O3S/c1-9-3-5-11(23(21,22)18-2)8-12(9)15(20)19-10-4-6-13(16)14(17)7-10/h3-8,18H,1-2H3,(H,19,20). The van der Waals surface area contributed by atoms with E-state index < -0.39 is 27.6 Å². The predicted molar refractivity (Wildman–Crippen MR) is 81.7 cm³/mol. The van der Waals surface area contributed by atoms with Gasteiger partial charge in [-0.15, -0.1) is 0 Å². The highest BCUT2D eigenvalue weighted by molar-refractivity contribution is 7.89. The number of rotatable bonds is 4. The molecule has 2 rings (SSSR count). The van der Waals surface area contributed by atoms with Gasteiger partial charge in [0.25, 0.3) is 5.91 Å². The van der Waals surface area contributed by atoms with E-state index in [0.717, 1.165) is 12.1 Å². The minimum absolute atomic E-state index is 0.0650. The zero-order valence-electron chi connectivity index (χ0n) is 12.4. The molecule has 0 saturated heterocycles. The molecule has 2 aromatic carbocycles. The van der Waals surface area contributed by atoms with E-state index in [1.165, 1.54) is 31.3 Å². The lowest BCUT2D eigenvalue weighted by Gasteiger charge is -2.10. The lowest BCUT2D eigenvalue weighted by Crippen LogP contribution is -2.20. The van der Waals surface area contributed by atoms with Crippen molar-refractivity contribution in [1.29, 1.82) is 0 Å². The number of hydrogen-bond acceptors (Lipinski definition) is 3. The zero-order valence-corrected chi connectivity index (χ0v) is 13.2. The second kappa shape index (κ2) is 6.43. The van der Waals surface area contributed by atoms with Gasteiger partial charge >= 0.3 is 0 Å². The van der Waals surface area contributed by atoms with Crippen molar-refractivity contribution in [2.24, 2.45) is 0 Å². The van der Waals surface area contributed by atoms with Gasteiger partial charge in [-0.1, -0.05) is 6.07 Å². The third kappa shape index (κ3) is 3.72. The number of nitrogens with one attached hydrogen (secondary N) is 2. The molecule has 0 aliphatic carbocycles. The van der Waals surface area contributed by atoms with Crippen LogP contribution in [0.15, 0.2) is 41.3 Å². The number of carbonyl (C=O) groups excluding carboxylic acids is 1. The summed E-state index contributed by atoms with van der Waals surface area (Å²) >= 11 is 0. The Morgan fingerprint density at radius 2 is 1.74 bits per heavy atom. The summed E-state index contributed by atoms with van der Waals surface area (Å²) in [5, 5.41) is 2.40. The number of carbonyl (C=O) groups is 1. The Hall–Kier alpha value is -2.32. The molecule has 23 heavy (non-hydrogen) atoms. The van der Waals surface area contributed by atoms with Crippen LogP contribution in [0.1, 0.15) is 15.9 Å². The molecule has 0 heterocycles. The van der Waals surface area contributed by atoms with Crippen molar-refractivity contribution >= 4 is 21.6 Å². The highest BCUT2D eigenvalue weighted by atomic mass is 32.2. The van der Waals surface area contributed by atoms with Crippen LogP contribution in [0.2, 0.25) is 0 Å². The van der Waals surface area contributed by atoms with Gasteiger partial charge in [0.1, 0.15) is 0 Å². The molecule has 0 aromatic heterocycles. The van der Waals surface area contributed by atoms with Crippen LogP contribution in [0.25, 0.3) is 0 Å². The topological polar surface area (TPSA) is 75.3 Å². The molecule has 0 unspecified atom stereocenters. The molecule has 0 radical (unpaired) electrons. The first-order valence-electron chi connectivity index (χ1n) is 6.55. The first kappa shape index (κ1) is 17.0. The van der Waals surface area contributed by atoms with Crippen LogP contribution in [-0.4, -0.2) is 21.4 Å². The Morgan fingerprint density at radius 1 is 1.04 bits per heavy atom. The molecule has 1 amide bonds. The van der Waals surface area contributed by atoms with Crippen molar-refractivity contribution in [1.82, 2.24) is 4.72 Å². The molecular formula is C15H14F2N2O3S. The minimum Gasteiger partial charge on any atom is -0.322 e. The number of amides is 1. The molecule has 8 heteroatoms. The largest absolute Gasteiger partial charge is 0.322 e. The van der Waals surface area contributed by atoms with E-state index >= 15 is 0 Å². The molecule has 2 aromatic rings. The molecule has 0 atom stereocenters. The third-order valence-corrected chi connectivity index (χ3v) is 4.62. The van der Waals surface area contributed by atoms with E-state index in [4.69, 9.17) is 0 Å². The summed E-state index contributed by atoms with van der Waals surface area (Å²) in [4.78, 5) is 12.2. The van der Waals surface area contributed by atoms with Gasteiger partial charge in [0.05, 0.1) is 4.90 Å². The van der Waals surface area contributed by atoms with Crippen molar-refractivity contribution in [3.8, 4) is 0 Å². The van der Waals surface area contributed by atoms with Crippen LogP contribution in [0, 0.1) is 18.6 Å². The van der Waals surface area contributed by atoms with Crippen LogP contribution in [-0.2, 0) is 10.0 Å². The van der Waals surface area contributed by atoms with Crippen molar-refractivity contribution in [3.63, 3.8) is 0 Å². The summed E-state index contributed by atoms with van der Waals surface area (Å²) in [5.41, 5.74) is 0.723. The fourth-order valence-electron chi connectivity index (χ4n) is 1.90. The fourth-order valence-corrected chi connectivity index (χ4v) is 2.66. The molecule has 5 nitrogen and oxygen atoms in total. The van der Waals surface area contributed by atoms with Crippen LogP contribution in [0.3, 0.4) is 0 Å². The van der Waals surface area contributed by atoms with Gasteiger partial charge in [0, 0.05) is 17.3 Å². The van der Waals surface area contributed by atoms with Gasteiger partial charge in [0.2, 0.25) is 10.0 Å². The Kier molecular flexibility index (Phi) is 4.76. The fraction of sp³-hybridized carbons (Fsp3) is 0.133. The van der Waals surface area contributed by atoms with Gasteiger partial charge in [-0.2, -0.15) is 0 Å². The highest BCUT2D eigenvalue weighted by Crippen LogP contribution is 2.18. The maximum absolute atomic E-state index is 13.2. The highest BCUT2D eigenvalue weighted by Gasteiger charge is 2.17. The maximum Gasteiger partial charge on any atom is 0.255 e. The minimum atomic E-state index is -3.70. The van der Waals surface area contributed by atoms with Crippen LogP contribution < -0.4 is 10.0 Å². The van der Waals surface area contributed by atoms with Crippen LogP contribution in [0.4, 0.5) is 14.5 Å². The number of aryl methyl sites for hydroxylation is 1. The maximum atomic E-state index is 13.2. The first-order valence-corrected chi connectivity index (χ1v) is 8.03. The summed E-state index contributed by atoms with van der Waals surface area (Å²) in [6, 6.07) is 7.02. The van der Waals surface area contributed by atoms with Crippen molar-refractivity contribution in [2.45, 2.75) is 11.8 Å². The van der Waals surface area contributed by atoms with E-state index in [0.29, 0.717) is 5.56 Å².